The zero-order valence-corrected chi connectivity index (χ0v) is 19.4. The van der Waals surface area contributed by atoms with Crippen LogP contribution in [0.25, 0.3) is 0 Å². The number of hydrogen-bond donors (Lipinski definition) is 0. The summed E-state index contributed by atoms with van der Waals surface area (Å²) in [5.41, 5.74) is 0. The molecule has 7 heteroatoms. The van der Waals surface area contributed by atoms with E-state index >= 15 is 0 Å². The molecule has 1 aliphatic carbocycles. The number of likely N-dealkylation sites (tertiary alicyclic amines) is 1. The van der Waals surface area contributed by atoms with E-state index in [1.807, 2.05) is 11.9 Å². The molecule has 4 nitrogen and oxygen atoms in total. The molecule has 3 rings (SSSR count). The van der Waals surface area contributed by atoms with Crippen LogP contribution in [0.3, 0.4) is 0 Å². The van der Waals surface area contributed by atoms with Crippen LogP contribution in [0.1, 0.15) is 57.8 Å². The number of benzene rings is 1. The molecule has 1 aromatic rings. The molecule has 2 aliphatic rings. The Morgan fingerprint density at radius 1 is 1.00 bits per heavy atom. The molecule has 29 heavy (non-hydrogen) atoms. The predicted molar refractivity (Wildman–Crippen MR) is 120 cm³/mol. The summed E-state index contributed by atoms with van der Waals surface area (Å²) in [6.07, 6.45) is 11.2. The third-order valence-corrected chi connectivity index (χ3v) is 7.46. The van der Waals surface area contributed by atoms with Gasteiger partial charge in [0, 0.05) is 31.3 Å². The number of halogens is 3. The molecule has 0 unspecified atom stereocenters. The van der Waals surface area contributed by atoms with Crippen LogP contribution in [0.15, 0.2) is 12.1 Å². The fourth-order valence-electron chi connectivity index (χ4n) is 4.62. The van der Waals surface area contributed by atoms with Crippen molar-refractivity contribution in [3.63, 3.8) is 0 Å². The Morgan fingerprint density at radius 2 is 1.59 bits per heavy atom. The molecule has 1 saturated heterocycles. The lowest BCUT2D eigenvalue weighted by Gasteiger charge is -2.44. The van der Waals surface area contributed by atoms with E-state index in [1.165, 1.54) is 51.4 Å². The maximum Gasteiger partial charge on any atom is 0.260 e. The van der Waals surface area contributed by atoms with Crippen molar-refractivity contribution in [1.82, 2.24) is 9.80 Å². The van der Waals surface area contributed by atoms with Crippen LogP contribution < -0.4 is 4.74 Å². The van der Waals surface area contributed by atoms with Crippen molar-refractivity contribution >= 4 is 40.7 Å². The van der Waals surface area contributed by atoms with E-state index in [4.69, 9.17) is 39.5 Å². The first-order chi connectivity index (χ1) is 14.0. The summed E-state index contributed by atoms with van der Waals surface area (Å²) in [7, 11) is 1.92. The van der Waals surface area contributed by atoms with Crippen molar-refractivity contribution in [2.24, 2.45) is 0 Å². The monoisotopic (exact) mass is 460 g/mol. The van der Waals surface area contributed by atoms with Gasteiger partial charge in [0.05, 0.1) is 15.1 Å². The highest BCUT2D eigenvalue weighted by atomic mass is 35.5. The SMILES string of the molecule is CN(C(=O)COc1cc(Cl)c(Cl)c(Cl)c1)[C@@H]1CCCC[C@H]1N1CCCCCCC1. The molecule has 0 aromatic heterocycles. The normalized spacial score (nSPS) is 23.9. The largest absolute Gasteiger partial charge is 0.484 e. The van der Waals surface area contributed by atoms with Gasteiger partial charge in [-0.15, -0.1) is 0 Å². The zero-order chi connectivity index (χ0) is 20.8. The van der Waals surface area contributed by atoms with Gasteiger partial charge in [-0.2, -0.15) is 0 Å². The molecule has 0 spiro atoms. The highest BCUT2D eigenvalue weighted by Crippen LogP contribution is 2.34. The van der Waals surface area contributed by atoms with Gasteiger partial charge in [-0.25, -0.2) is 0 Å². The summed E-state index contributed by atoms with van der Waals surface area (Å²) in [6.45, 7) is 2.27. The number of amides is 1. The number of carbonyl (C=O) groups is 1. The first kappa shape index (κ1) is 23.0. The second kappa shape index (κ2) is 11.1. The van der Waals surface area contributed by atoms with Gasteiger partial charge < -0.3 is 9.64 Å². The van der Waals surface area contributed by atoms with E-state index in [2.05, 4.69) is 4.90 Å². The number of ether oxygens (including phenoxy) is 1. The van der Waals surface area contributed by atoms with E-state index in [9.17, 15) is 4.79 Å². The summed E-state index contributed by atoms with van der Waals surface area (Å²) in [4.78, 5) is 17.4. The van der Waals surface area contributed by atoms with Gasteiger partial charge in [0.25, 0.3) is 5.91 Å². The average molecular weight is 462 g/mol. The fourth-order valence-corrected chi connectivity index (χ4v) is 5.20. The van der Waals surface area contributed by atoms with Gasteiger partial charge in [-0.3, -0.25) is 9.69 Å². The van der Waals surface area contributed by atoms with Crippen molar-refractivity contribution in [3.8, 4) is 5.75 Å². The number of hydrogen-bond acceptors (Lipinski definition) is 3. The van der Waals surface area contributed by atoms with Crippen molar-refractivity contribution in [2.75, 3.05) is 26.7 Å². The van der Waals surface area contributed by atoms with Gasteiger partial charge >= 0.3 is 0 Å². The Kier molecular flexibility index (Phi) is 8.79. The molecule has 1 heterocycles. The summed E-state index contributed by atoms with van der Waals surface area (Å²) < 4.78 is 5.68. The Labute approximate surface area is 189 Å². The van der Waals surface area contributed by atoms with Crippen molar-refractivity contribution in [2.45, 2.75) is 69.9 Å². The van der Waals surface area contributed by atoms with Gasteiger partial charge in [0.1, 0.15) is 5.75 Å². The Bertz CT molecular complexity index is 670. The predicted octanol–water partition coefficient (Wildman–Crippen LogP) is 6.06. The smallest absolute Gasteiger partial charge is 0.260 e. The number of rotatable bonds is 5. The minimum Gasteiger partial charge on any atom is -0.484 e. The summed E-state index contributed by atoms with van der Waals surface area (Å²) in [6, 6.07) is 3.88. The molecule has 1 aliphatic heterocycles. The minimum absolute atomic E-state index is 0.0175. The minimum atomic E-state index is -0.0337. The van der Waals surface area contributed by atoms with Gasteiger partial charge in [0.15, 0.2) is 6.61 Å². The lowest BCUT2D eigenvalue weighted by molar-refractivity contribution is -0.136. The second-order valence-corrected chi connectivity index (χ2v) is 9.41. The number of carbonyl (C=O) groups excluding carboxylic acids is 1. The van der Waals surface area contributed by atoms with Crippen molar-refractivity contribution in [1.29, 1.82) is 0 Å². The Hall–Kier alpha value is -0.680. The molecule has 0 N–H and O–H groups in total. The molecule has 0 radical (unpaired) electrons. The molecule has 0 bridgehead atoms. The van der Waals surface area contributed by atoms with E-state index in [1.54, 1.807) is 12.1 Å². The molecule has 1 saturated carbocycles. The Morgan fingerprint density at radius 3 is 2.24 bits per heavy atom. The fraction of sp³-hybridized carbons (Fsp3) is 0.682. The van der Waals surface area contributed by atoms with E-state index in [-0.39, 0.29) is 18.6 Å². The first-order valence-electron chi connectivity index (χ1n) is 10.7. The van der Waals surface area contributed by atoms with Crippen molar-refractivity contribution in [3.05, 3.63) is 27.2 Å². The maximum absolute atomic E-state index is 12.9. The molecular weight excluding hydrogens is 431 g/mol. The zero-order valence-electron chi connectivity index (χ0n) is 17.1. The number of likely N-dealkylation sites (N-methyl/N-ethyl adjacent to an activating group) is 1. The molecule has 2 fully saturated rings. The van der Waals surface area contributed by atoms with Crippen LogP contribution >= 0.6 is 34.8 Å². The third-order valence-electron chi connectivity index (χ3n) is 6.26. The van der Waals surface area contributed by atoms with Crippen molar-refractivity contribution < 1.29 is 9.53 Å². The Balaban J connectivity index is 1.61. The topological polar surface area (TPSA) is 32.8 Å². The average Bonchev–Trinajstić information content (AvgIpc) is 2.69. The summed E-state index contributed by atoms with van der Waals surface area (Å²) in [5, 5.41) is 0.932. The highest BCUT2D eigenvalue weighted by Gasteiger charge is 2.34. The van der Waals surface area contributed by atoms with Gasteiger partial charge in [0.2, 0.25) is 0 Å². The van der Waals surface area contributed by atoms with Crippen LogP contribution in [-0.2, 0) is 4.79 Å². The first-order valence-corrected chi connectivity index (χ1v) is 11.9. The van der Waals surface area contributed by atoms with Crippen LogP contribution in [0.5, 0.6) is 5.75 Å². The summed E-state index contributed by atoms with van der Waals surface area (Å²) >= 11 is 18.1. The van der Waals surface area contributed by atoms with Gasteiger partial charge in [-0.1, -0.05) is 66.9 Å². The maximum atomic E-state index is 12.9. The molecule has 1 amide bonds. The number of nitrogens with zero attached hydrogens (tertiary/aromatic N) is 2. The molecular formula is C22H31Cl3N2O2. The van der Waals surface area contributed by atoms with E-state index in [0.717, 1.165) is 19.5 Å². The third kappa shape index (κ3) is 6.16. The quantitative estimate of drug-likeness (QED) is 0.499. The second-order valence-electron chi connectivity index (χ2n) is 8.22. The van der Waals surface area contributed by atoms with Crippen LogP contribution in [-0.4, -0.2) is 54.5 Å². The highest BCUT2D eigenvalue weighted by molar-refractivity contribution is 6.48. The van der Waals surface area contributed by atoms with E-state index in [0.29, 0.717) is 26.9 Å². The molecule has 2 atom stereocenters. The molecule has 1 aromatic carbocycles. The lowest BCUT2D eigenvalue weighted by Crippen LogP contribution is -2.55. The van der Waals surface area contributed by atoms with Gasteiger partial charge in [-0.05, 0) is 38.8 Å². The van der Waals surface area contributed by atoms with Crippen LogP contribution in [0, 0.1) is 0 Å². The summed E-state index contributed by atoms with van der Waals surface area (Å²) in [5.74, 6) is 0.436. The molecule has 162 valence electrons. The lowest BCUT2D eigenvalue weighted by atomic mass is 9.87. The standard InChI is InChI=1S/C22H31Cl3N2O2/c1-26(21(28)15-29-16-13-17(23)22(25)18(24)14-16)19-9-5-6-10-20(19)27-11-7-3-2-4-8-12-27/h13-14,19-20H,2-12,15H2,1H3/t19-,20-/m1/s1. The van der Waals surface area contributed by atoms with E-state index < -0.39 is 0 Å². The van der Waals surface area contributed by atoms with Crippen LogP contribution in [0.2, 0.25) is 15.1 Å². The van der Waals surface area contributed by atoms with Crippen LogP contribution in [0.4, 0.5) is 0 Å².